The van der Waals surface area contributed by atoms with Gasteiger partial charge < -0.3 is 10.2 Å². The van der Waals surface area contributed by atoms with Crippen LogP contribution < -0.4 is 10.2 Å². The van der Waals surface area contributed by atoms with E-state index in [0.717, 1.165) is 12.5 Å². The summed E-state index contributed by atoms with van der Waals surface area (Å²) in [7, 11) is 0. The van der Waals surface area contributed by atoms with Crippen molar-refractivity contribution < 1.29 is 0 Å². The number of piperazine rings is 1. The highest BCUT2D eigenvalue weighted by Crippen LogP contribution is 2.37. The van der Waals surface area contributed by atoms with Crippen molar-refractivity contribution >= 4 is 17.4 Å². The van der Waals surface area contributed by atoms with Crippen LogP contribution >= 0.6 is 11.8 Å². The molecule has 2 fully saturated rings. The van der Waals surface area contributed by atoms with Crippen LogP contribution in [0.25, 0.3) is 0 Å². The molecule has 0 radical (unpaired) electrons. The molecule has 0 amide bonds. The topological polar surface area (TPSA) is 15.3 Å². The molecule has 104 valence electrons. The SMILES string of the molecule is CCC1CNC(C2CC2)CN1c1ccccc1SC. The van der Waals surface area contributed by atoms with Crippen LogP contribution in [0.2, 0.25) is 0 Å². The second-order valence-electron chi connectivity index (χ2n) is 5.74. The largest absolute Gasteiger partial charge is 0.365 e. The van der Waals surface area contributed by atoms with Crippen molar-refractivity contribution in [2.45, 2.75) is 43.2 Å². The Hall–Kier alpha value is -0.670. The second kappa shape index (κ2) is 5.76. The molecule has 1 N–H and O–H groups in total. The van der Waals surface area contributed by atoms with Crippen LogP contribution in [0.15, 0.2) is 29.2 Å². The van der Waals surface area contributed by atoms with E-state index in [-0.39, 0.29) is 0 Å². The molecule has 2 unspecified atom stereocenters. The maximum atomic E-state index is 3.77. The van der Waals surface area contributed by atoms with Gasteiger partial charge in [-0.3, -0.25) is 0 Å². The number of hydrogen-bond donors (Lipinski definition) is 1. The van der Waals surface area contributed by atoms with Gasteiger partial charge in [0, 0.05) is 30.1 Å². The normalized spacial score (nSPS) is 27.6. The fraction of sp³-hybridized carbons (Fsp3) is 0.625. The summed E-state index contributed by atoms with van der Waals surface area (Å²) in [5.41, 5.74) is 1.44. The number of rotatable bonds is 4. The summed E-state index contributed by atoms with van der Waals surface area (Å²) in [6, 6.07) is 10.2. The molecule has 2 atom stereocenters. The van der Waals surface area contributed by atoms with E-state index in [9.17, 15) is 0 Å². The molecule has 1 aromatic rings. The third-order valence-electron chi connectivity index (χ3n) is 4.51. The van der Waals surface area contributed by atoms with E-state index in [4.69, 9.17) is 0 Å². The average molecular weight is 276 g/mol. The van der Waals surface area contributed by atoms with E-state index in [1.165, 1.54) is 36.4 Å². The van der Waals surface area contributed by atoms with Gasteiger partial charge in [-0.1, -0.05) is 19.1 Å². The fourth-order valence-electron chi connectivity index (χ4n) is 3.16. The number of nitrogens with one attached hydrogen (secondary N) is 1. The molecule has 2 nitrogen and oxygen atoms in total. The molecule has 1 aliphatic carbocycles. The molecular weight excluding hydrogens is 252 g/mol. The lowest BCUT2D eigenvalue weighted by Gasteiger charge is -2.42. The van der Waals surface area contributed by atoms with Crippen LogP contribution in [0.3, 0.4) is 0 Å². The van der Waals surface area contributed by atoms with Crippen molar-refractivity contribution in [2.24, 2.45) is 5.92 Å². The van der Waals surface area contributed by atoms with E-state index in [1.54, 1.807) is 0 Å². The number of hydrogen-bond acceptors (Lipinski definition) is 3. The lowest BCUT2D eigenvalue weighted by molar-refractivity contribution is 0.359. The molecule has 1 heterocycles. The summed E-state index contributed by atoms with van der Waals surface area (Å²) >= 11 is 1.86. The van der Waals surface area contributed by atoms with Gasteiger partial charge in [0.15, 0.2) is 0 Å². The van der Waals surface area contributed by atoms with Gasteiger partial charge in [0.05, 0.1) is 5.69 Å². The average Bonchev–Trinajstić information content (AvgIpc) is 3.31. The molecule has 1 saturated heterocycles. The quantitative estimate of drug-likeness (QED) is 0.849. The lowest BCUT2D eigenvalue weighted by atomic mass is 10.0. The first-order chi connectivity index (χ1) is 9.33. The summed E-state index contributed by atoms with van der Waals surface area (Å²) in [5, 5.41) is 3.77. The number of nitrogens with zero attached hydrogens (tertiary/aromatic N) is 1. The van der Waals surface area contributed by atoms with Crippen molar-refractivity contribution in [1.82, 2.24) is 5.32 Å². The third-order valence-corrected chi connectivity index (χ3v) is 5.29. The first-order valence-corrected chi connectivity index (χ1v) is 8.69. The Morgan fingerprint density at radius 3 is 2.79 bits per heavy atom. The van der Waals surface area contributed by atoms with Crippen LogP contribution in [-0.2, 0) is 0 Å². The second-order valence-corrected chi connectivity index (χ2v) is 6.59. The highest BCUT2D eigenvalue weighted by Gasteiger charge is 2.37. The zero-order chi connectivity index (χ0) is 13.2. The van der Waals surface area contributed by atoms with Crippen molar-refractivity contribution in [2.75, 3.05) is 24.2 Å². The van der Waals surface area contributed by atoms with Crippen LogP contribution in [0.5, 0.6) is 0 Å². The lowest BCUT2D eigenvalue weighted by Crippen LogP contribution is -2.57. The van der Waals surface area contributed by atoms with Crippen LogP contribution in [-0.4, -0.2) is 31.4 Å². The van der Waals surface area contributed by atoms with Gasteiger partial charge in [-0.25, -0.2) is 0 Å². The predicted octanol–water partition coefficient (Wildman–Crippen LogP) is 3.38. The monoisotopic (exact) mass is 276 g/mol. The number of anilines is 1. The third kappa shape index (κ3) is 2.77. The molecule has 3 heteroatoms. The Morgan fingerprint density at radius 1 is 1.32 bits per heavy atom. The van der Waals surface area contributed by atoms with Crippen LogP contribution in [0.4, 0.5) is 5.69 Å². The smallest absolute Gasteiger partial charge is 0.0507 e. The minimum Gasteiger partial charge on any atom is -0.365 e. The minimum absolute atomic E-state index is 0.642. The predicted molar refractivity (Wildman–Crippen MR) is 84.2 cm³/mol. The first kappa shape index (κ1) is 13.3. The summed E-state index contributed by atoms with van der Waals surface area (Å²) in [6.45, 7) is 4.62. The van der Waals surface area contributed by atoms with Gasteiger partial charge in [0.25, 0.3) is 0 Å². The van der Waals surface area contributed by atoms with Crippen molar-refractivity contribution in [3.05, 3.63) is 24.3 Å². The highest BCUT2D eigenvalue weighted by molar-refractivity contribution is 7.98. The molecule has 3 rings (SSSR count). The Labute approximate surface area is 121 Å². The van der Waals surface area contributed by atoms with Gasteiger partial charge >= 0.3 is 0 Å². The van der Waals surface area contributed by atoms with Crippen molar-refractivity contribution in [1.29, 1.82) is 0 Å². The van der Waals surface area contributed by atoms with E-state index >= 15 is 0 Å². The Balaban J connectivity index is 1.85. The van der Waals surface area contributed by atoms with Crippen molar-refractivity contribution in [3.8, 4) is 0 Å². The standard InChI is InChI=1S/C16H24N2S/c1-3-13-10-17-14(12-8-9-12)11-18(13)15-6-4-5-7-16(15)19-2/h4-7,12-14,17H,3,8-11H2,1-2H3. The zero-order valence-electron chi connectivity index (χ0n) is 11.9. The van der Waals surface area contributed by atoms with Crippen molar-refractivity contribution in [3.63, 3.8) is 0 Å². The molecule has 2 aliphatic rings. The maximum Gasteiger partial charge on any atom is 0.0507 e. The number of benzene rings is 1. The summed E-state index contributed by atoms with van der Waals surface area (Å²) in [6.07, 6.45) is 6.24. The minimum atomic E-state index is 0.642. The van der Waals surface area contributed by atoms with Gasteiger partial charge in [0.1, 0.15) is 0 Å². The Bertz CT molecular complexity index is 431. The Morgan fingerprint density at radius 2 is 2.11 bits per heavy atom. The van der Waals surface area contributed by atoms with Crippen LogP contribution in [0, 0.1) is 5.92 Å². The molecule has 1 aromatic carbocycles. The van der Waals surface area contributed by atoms with Crippen LogP contribution in [0.1, 0.15) is 26.2 Å². The highest BCUT2D eigenvalue weighted by atomic mass is 32.2. The fourth-order valence-corrected chi connectivity index (χ4v) is 3.77. The van der Waals surface area contributed by atoms with E-state index in [2.05, 4.69) is 47.7 Å². The van der Waals surface area contributed by atoms with Gasteiger partial charge in [-0.2, -0.15) is 0 Å². The maximum absolute atomic E-state index is 3.77. The molecule has 1 saturated carbocycles. The summed E-state index contributed by atoms with van der Waals surface area (Å²) in [4.78, 5) is 4.07. The van der Waals surface area contributed by atoms with Gasteiger partial charge in [-0.05, 0) is 43.6 Å². The van der Waals surface area contributed by atoms with E-state index in [0.29, 0.717) is 12.1 Å². The summed E-state index contributed by atoms with van der Waals surface area (Å²) in [5.74, 6) is 0.932. The number of thioether (sulfide) groups is 1. The number of para-hydroxylation sites is 1. The van der Waals surface area contributed by atoms with E-state index < -0.39 is 0 Å². The van der Waals surface area contributed by atoms with Gasteiger partial charge in [-0.15, -0.1) is 11.8 Å². The zero-order valence-corrected chi connectivity index (χ0v) is 12.7. The molecule has 0 aromatic heterocycles. The summed E-state index contributed by atoms with van der Waals surface area (Å²) < 4.78 is 0. The Kier molecular flexibility index (Phi) is 4.04. The van der Waals surface area contributed by atoms with E-state index in [1.807, 2.05) is 11.8 Å². The molecular formula is C16H24N2S. The molecule has 19 heavy (non-hydrogen) atoms. The molecule has 0 spiro atoms. The molecule has 0 bridgehead atoms. The first-order valence-electron chi connectivity index (χ1n) is 7.46. The van der Waals surface area contributed by atoms with Gasteiger partial charge in [0.2, 0.25) is 0 Å². The molecule has 1 aliphatic heterocycles.